The van der Waals surface area contributed by atoms with Gasteiger partial charge in [-0.15, -0.1) is 4.73 Å². The van der Waals surface area contributed by atoms with Gasteiger partial charge < -0.3 is 20.2 Å². The van der Waals surface area contributed by atoms with E-state index in [4.69, 9.17) is 9.57 Å². The molecule has 0 aliphatic carbocycles. The van der Waals surface area contributed by atoms with Crippen LogP contribution in [0.25, 0.3) is 11.0 Å². The predicted octanol–water partition coefficient (Wildman–Crippen LogP) is 3.97. The van der Waals surface area contributed by atoms with E-state index in [-0.39, 0.29) is 5.56 Å². The number of alkyl carbamates (subject to hydrolysis) is 1. The molecule has 2 aromatic heterocycles. The molecule has 0 aliphatic heterocycles. The average molecular weight is 468 g/mol. The average Bonchev–Trinajstić information content (AvgIpc) is 2.77. The number of carbonyl (C=O) groups is 1. The summed E-state index contributed by atoms with van der Waals surface area (Å²) in [7, 11) is 0. The fourth-order valence-corrected chi connectivity index (χ4v) is 3.39. The Morgan fingerprint density at radius 2 is 1.85 bits per heavy atom. The summed E-state index contributed by atoms with van der Waals surface area (Å²) < 4.78 is 6.53. The summed E-state index contributed by atoms with van der Waals surface area (Å²) in [6.07, 6.45) is 2.78. The highest BCUT2D eigenvalue weighted by atomic mass is 16.7. The molecule has 1 amide bonds. The number of rotatable bonds is 9. The van der Waals surface area contributed by atoms with Crippen molar-refractivity contribution in [3.8, 4) is 0 Å². The van der Waals surface area contributed by atoms with Crippen LogP contribution in [0.2, 0.25) is 0 Å². The van der Waals surface area contributed by atoms with Crippen molar-refractivity contribution in [2.24, 2.45) is 0 Å². The molecule has 1 aromatic carbocycles. The summed E-state index contributed by atoms with van der Waals surface area (Å²) in [5.74, 6) is 0. The Morgan fingerprint density at radius 1 is 1.12 bits per heavy atom. The maximum atomic E-state index is 12.8. The summed E-state index contributed by atoms with van der Waals surface area (Å²) in [5.41, 5.74) is 2.93. The van der Waals surface area contributed by atoms with Gasteiger partial charge in [0.1, 0.15) is 18.5 Å². The molecular formula is C25H33N5O4. The summed E-state index contributed by atoms with van der Waals surface area (Å²) in [5, 5.41) is 6.85. The van der Waals surface area contributed by atoms with Crippen molar-refractivity contribution < 1.29 is 14.4 Å². The molecule has 0 atom stereocenters. The Hall–Kier alpha value is -3.62. The fourth-order valence-electron chi connectivity index (χ4n) is 3.39. The Labute approximate surface area is 199 Å². The molecule has 0 unspecified atom stereocenters. The van der Waals surface area contributed by atoms with Crippen LogP contribution in [0.1, 0.15) is 57.4 Å². The zero-order valence-electron chi connectivity index (χ0n) is 20.5. The molecule has 0 spiro atoms. The SMILES string of the molecule is CCCCOn1c(=O)cc(NCc2cccc(CNC(=O)OC(C)(C)C)c2)c2c(C)ncnc21. The van der Waals surface area contributed by atoms with Gasteiger partial charge in [-0.25, -0.2) is 14.8 Å². The van der Waals surface area contributed by atoms with Crippen LogP contribution in [0.4, 0.5) is 10.5 Å². The van der Waals surface area contributed by atoms with Crippen molar-refractivity contribution in [1.82, 2.24) is 20.0 Å². The number of unbranched alkanes of at least 4 members (excludes halogenated alkanes) is 1. The molecule has 3 aromatic rings. The number of fused-ring (bicyclic) bond motifs is 1. The molecule has 0 bridgehead atoms. The summed E-state index contributed by atoms with van der Waals surface area (Å²) in [6.45, 7) is 10.7. The number of benzene rings is 1. The van der Waals surface area contributed by atoms with E-state index in [0.717, 1.165) is 35.0 Å². The van der Waals surface area contributed by atoms with Gasteiger partial charge in [0, 0.05) is 19.2 Å². The number of aromatic nitrogens is 3. The second kappa shape index (κ2) is 11.0. The molecule has 0 saturated heterocycles. The minimum absolute atomic E-state index is 0.292. The van der Waals surface area contributed by atoms with Crippen molar-refractivity contribution in [2.75, 3.05) is 11.9 Å². The first-order chi connectivity index (χ1) is 16.2. The molecule has 0 aliphatic rings. The van der Waals surface area contributed by atoms with E-state index in [0.29, 0.717) is 31.0 Å². The van der Waals surface area contributed by atoms with Gasteiger partial charge in [-0.2, -0.15) is 0 Å². The van der Waals surface area contributed by atoms with Crippen molar-refractivity contribution >= 4 is 22.8 Å². The van der Waals surface area contributed by atoms with Crippen LogP contribution >= 0.6 is 0 Å². The van der Waals surface area contributed by atoms with Crippen LogP contribution in [0, 0.1) is 6.92 Å². The van der Waals surface area contributed by atoms with Crippen LogP contribution in [0.5, 0.6) is 0 Å². The molecule has 3 rings (SSSR count). The standard InChI is InChI=1S/C25H33N5O4/c1-6-7-11-33-30-21(31)13-20(22-17(2)28-16-29-23(22)30)26-14-18-9-8-10-19(12-18)15-27-24(32)34-25(3,4)5/h8-10,12-13,16,26H,6-7,11,14-15H2,1-5H3,(H,27,32). The van der Waals surface area contributed by atoms with Crippen LogP contribution in [-0.2, 0) is 17.8 Å². The summed E-state index contributed by atoms with van der Waals surface area (Å²) in [4.78, 5) is 39.0. The monoisotopic (exact) mass is 467 g/mol. The van der Waals surface area contributed by atoms with Crippen molar-refractivity contribution in [3.05, 3.63) is 63.8 Å². The first-order valence-corrected chi connectivity index (χ1v) is 11.5. The van der Waals surface area contributed by atoms with Crippen molar-refractivity contribution in [1.29, 1.82) is 0 Å². The second-order valence-corrected chi connectivity index (χ2v) is 9.06. The minimum Gasteiger partial charge on any atom is -0.444 e. The van der Waals surface area contributed by atoms with Gasteiger partial charge in [0.25, 0.3) is 5.56 Å². The third kappa shape index (κ3) is 6.69. The highest BCUT2D eigenvalue weighted by Gasteiger charge is 2.16. The maximum Gasteiger partial charge on any atom is 0.407 e. The van der Waals surface area contributed by atoms with E-state index in [1.54, 1.807) is 0 Å². The van der Waals surface area contributed by atoms with Gasteiger partial charge in [0.05, 0.1) is 16.8 Å². The van der Waals surface area contributed by atoms with Crippen LogP contribution in [-0.4, -0.2) is 33.0 Å². The molecular weight excluding hydrogens is 434 g/mol. The third-order valence-electron chi connectivity index (χ3n) is 4.97. The highest BCUT2D eigenvalue weighted by Crippen LogP contribution is 2.23. The third-order valence-corrected chi connectivity index (χ3v) is 4.97. The first-order valence-electron chi connectivity index (χ1n) is 11.5. The quantitative estimate of drug-likeness (QED) is 0.459. The predicted molar refractivity (Wildman–Crippen MR) is 132 cm³/mol. The van der Waals surface area contributed by atoms with Crippen LogP contribution in [0.15, 0.2) is 41.5 Å². The van der Waals surface area contributed by atoms with E-state index >= 15 is 0 Å². The number of aryl methyl sites for hydroxylation is 1. The lowest BCUT2D eigenvalue weighted by Crippen LogP contribution is -2.32. The normalized spacial score (nSPS) is 11.3. The number of anilines is 1. The van der Waals surface area contributed by atoms with Crippen molar-refractivity contribution in [2.45, 2.75) is 66.2 Å². The van der Waals surface area contributed by atoms with Gasteiger partial charge >= 0.3 is 6.09 Å². The molecule has 2 heterocycles. The van der Waals surface area contributed by atoms with Gasteiger partial charge in [-0.3, -0.25) is 4.79 Å². The molecule has 0 radical (unpaired) electrons. The van der Waals surface area contributed by atoms with Gasteiger partial charge in [0.15, 0.2) is 5.65 Å². The number of hydrogen-bond acceptors (Lipinski definition) is 7. The largest absolute Gasteiger partial charge is 0.444 e. The highest BCUT2D eigenvalue weighted by molar-refractivity contribution is 5.90. The van der Waals surface area contributed by atoms with E-state index in [9.17, 15) is 9.59 Å². The first kappa shape index (κ1) is 25.0. The number of ether oxygens (including phenoxy) is 1. The Morgan fingerprint density at radius 3 is 2.56 bits per heavy atom. The number of carbonyl (C=O) groups excluding carboxylic acids is 1. The number of amides is 1. The Bertz CT molecular complexity index is 1200. The van der Waals surface area contributed by atoms with E-state index < -0.39 is 11.7 Å². The maximum absolute atomic E-state index is 12.8. The Balaban J connectivity index is 1.76. The zero-order chi connectivity index (χ0) is 24.7. The molecule has 182 valence electrons. The molecule has 9 nitrogen and oxygen atoms in total. The van der Waals surface area contributed by atoms with Crippen LogP contribution < -0.4 is 21.0 Å². The molecule has 2 N–H and O–H groups in total. The lowest BCUT2D eigenvalue weighted by Gasteiger charge is -2.19. The lowest BCUT2D eigenvalue weighted by molar-refractivity contribution is 0.0523. The van der Waals surface area contributed by atoms with Crippen molar-refractivity contribution in [3.63, 3.8) is 0 Å². The van der Waals surface area contributed by atoms with Gasteiger partial charge in [-0.05, 0) is 45.2 Å². The smallest absolute Gasteiger partial charge is 0.407 e. The van der Waals surface area contributed by atoms with Gasteiger partial charge in [-0.1, -0.05) is 37.6 Å². The molecule has 9 heteroatoms. The fraction of sp³-hybridized carbons (Fsp3) is 0.440. The summed E-state index contributed by atoms with van der Waals surface area (Å²) in [6, 6.07) is 9.34. The number of nitrogens with one attached hydrogen (secondary N) is 2. The van der Waals surface area contributed by atoms with Gasteiger partial charge in [0.2, 0.25) is 0 Å². The molecule has 0 saturated carbocycles. The number of nitrogens with zero attached hydrogens (tertiary/aromatic N) is 3. The topological polar surface area (TPSA) is 107 Å². The minimum atomic E-state index is -0.546. The zero-order valence-corrected chi connectivity index (χ0v) is 20.5. The molecule has 0 fully saturated rings. The van der Waals surface area contributed by atoms with E-state index in [2.05, 4.69) is 27.5 Å². The van der Waals surface area contributed by atoms with E-state index in [1.165, 1.54) is 17.1 Å². The Kier molecular flexibility index (Phi) is 8.09. The number of pyridine rings is 1. The summed E-state index contributed by atoms with van der Waals surface area (Å²) >= 11 is 0. The lowest BCUT2D eigenvalue weighted by atomic mass is 10.1. The number of hydrogen-bond donors (Lipinski definition) is 2. The van der Waals surface area contributed by atoms with Crippen LogP contribution in [0.3, 0.4) is 0 Å². The van der Waals surface area contributed by atoms with E-state index in [1.807, 2.05) is 52.0 Å². The second-order valence-electron chi connectivity index (χ2n) is 9.06. The molecule has 34 heavy (non-hydrogen) atoms.